The molecule has 1 aliphatic carbocycles. The fraction of sp³-hybridized carbons (Fsp3) is 0.692. The van der Waals surface area contributed by atoms with Crippen molar-refractivity contribution in [3.63, 3.8) is 0 Å². The van der Waals surface area contributed by atoms with Gasteiger partial charge in [0, 0.05) is 18.4 Å². The van der Waals surface area contributed by atoms with Gasteiger partial charge >= 0.3 is 0 Å². The molecule has 5 nitrogen and oxygen atoms in total. The minimum absolute atomic E-state index is 0.0950. The zero-order chi connectivity index (χ0) is 12.8. The summed E-state index contributed by atoms with van der Waals surface area (Å²) in [5.74, 6) is 1.01. The van der Waals surface area contributed by atoms with E-state index in [0.717, 1.165) is 25.2 Å². The molecule has 2 N–H and O–H groups in total. The maximum atomic E-state index is 11.9. The summed E-state index contributed by atoms with van der Waals surface area (Å²) >= 11 is 0. The van der Waals surface area contributed by atoms with Gasteiger partial charge in [0.2, 0.25) is 5.91 Å². The highest BCUT2D eigenvalue weighted by atomic mass is 16.2. The van der Waals surface area contributed by atoms with Crippen LogP contribution in [0.1, 0.15) is 38.4 Å². The highest BCUT2D eigenvalue weighted by molar-refractivity contribution is 5.76. The van der Waals surface area contributed by atoms with Crippen LogP contribution >= 0.6 is 0 Å². The zero-order valence-corrected chi connectivity index (χ0v) is 11.0. The molecule has 0 atom stereocenters. The second kappa shape index (κ2) is 6.54. The first kappa shape index (κ1) is 13.1. The zero-order valence-electron chi connectivity index (χ0n) is 11.0. The molecule has 18 heavy (non-hydrogen) atoms. The highest BCUT2D eigenvalue weighted by Crippen LogP contribution is 2.17. The first-order valence-corrected chi connectivity index (χ1v) is 6.79. The van der Waals surface area contributed by atoms with E-state index in [1.165, 1.54) is 12.8 Å². The van der Waals surface area contributed by atoms with Gasteiger partial charge in [-0.3, -0.25) is 4.79 Å². The number of imidazole rings is 1. The Morgan fingerprint density at radius 1 is 1.50 bits per heavy atom. The van der Waals surface area contributed by atoms with Crippen LogP contribution in [-0.2, 0) is 17.9 Å². The van der Waals surface area contributed by atoms with Crippen LogP contribution in [0.15, 0.2) is 12.4 Å². The Balaban J connectivity index is 1.84. The molecule has 0 bridgehead atoms. The lowest BCUT2D eigenvalue weighted by atomic mass is 10.2. The fourth-order valence-corrected chi connectivity index (χ4v) is 2.39. The van der Waals surface area contributed by atoms with Gasteiger partial charge in [-0.25, -0.2) is 4.98 Å². The van der Waals surface area contributed by atoms with Gasteiger partial charge in [0.15, 0.2) is 0 Å². The minimum Gasteiger partial charge on any atom is -0.352 e. The lowest BCUT2D eigenvalue weighted by molar-refractivity contribution is -0.122. The van der Waals surface area contributed by atoms with Crippen molar-refractivity contribution in [1.82, 2.24) is 20.2 Å². The smallest absolute Gasteiger partial charge is 0.240 e. The van der Waals surface area contributed by atoms with E-state index in [1.54, 1.807) is 6.20 Å². The standard InChI is InChI=1S/C13H22N4O/c1-2-14-9-12-15-7-8-17(12)10-13(18)16-11-5-3-4-6-11/h7-8,11,14H,2-6,9-10H2,1H3,(H,16,18). The van der Waals surface area contributed by atoms with Crippen molar-refractivity contribution in [3.05, 3.63) is 18.2 Å². The molecule has 1 saturated carbocycles. The number of hydrogen-bond acceptors (Lipinski definition) is 3. The van der Waals surface area contributed by atoms with Crippen molar-refractivity contribution in [2.75, 3.05) is 6.54 Å². The minimum atomic E-state index is 0.0950. The number of nitrogens with one attached hydrogen (secondary N) is 2. The molecule has 0 spiro atoms. The van der Waals surface area contributed by atoms with Gasteiger partial charge in [0.05, 0.1) is 6.54 Å². The lowest BCUT2D eigenvalue weighted by Crippen LogP contribution is -2.35. The van der Waals surface area contributed by atoms with Gasteiger partial charge in [-0.15, -0.1) is 0 Å². The largest absolute Gasteiger partial charge is 0.352 e. The molecule has 0 aliphatic heterocycles. The Hall–Kier alpha value is -1.36. The summed E-state index contributed by atoms with van der Waals surface area (Å²) < 4.78 is 1.91. The van der Waals surface area contributed by atoms with Crippen molar-refractivity contribution in [2.24, 2.45) is 0 Å². The molecule has 0 unspecified atom stereocenters. The van der Waals surface area contributed by atoms with Crippen molar-refractivity contribution >= 4 is 5.91 Å². The topological polar surface area (TPSA) is 59.0 Å². The summed E-state index contributed by atoms with van der Waals surface area (Å²) in [5.41, 5.74) is 0. The molecular weight excluding hydrogens is 228 g/mol. The van der Waals surface area contributed by atoms with E-state index >= 15 is 0 Å². The second-order valence-corrected chi connectivity index (χ2v) is 4.80. The van der Waals surface area contributed by atoms with Crippen LogP contribution in [0.4, 0.5) is 0 Å². The van der Waals surface area contributed by atoms with Crippen LogP contribution in [0.2, 0.25) is 0 Å². The van der Waals surface area contributed by atoms with Crippen LogP contribution in [0.5, 0.6) is 0 Å². The summed E-state index contributed by atoms with van der Waals surface area (Å²) in [6, 6.07) is 0.387. The molecule has 0 saturated heterocycles. The van der Waals surface area contributed by atoms with E-state index in [-0.39, 0.29) is 5.91 Å². The molecule has 1 heterocycles. The van der Waals surface area contributed by atoms with Gasteiger partial charge in [-0.1, -0.05) is 19.8 Å². The first-order chi connectivity index (χ1) is 8.79. The number of carbonyl (C=O) groups excluding carboxylic acids is 1. The van der Waals surface area contributed by atoms with E-state index in [1.807, 2.05) is 10.8 Å². The third-order valence-corrected chi connectivity index (χ3v) is 3.37. The number of rotatable bonds is 6. The molecule has 1 fully saturated rings. The van der Waals surface area contributed by atoms with Gasteiger partial charge in [0.25, 0.3) is 0 Å². The number of amides is 1. The summed E-state index contributed by atoms with van der Waals surface area (Å²) in [7, 11) is 0. The highest BCUT2D eigenvalue weighted by Gasteiger charge is 2.17. The third-order valence-electron chi connectivity index (χ3n) is 3.37. The number of hydrogen-bond donors (Lipinski definition) is 2. The average molecular weight is 250 g/mol. The maximum Gasteiger partial charge on any atom is 0.240 e. The van der Waals surface area contributed by atoms with Crippen molar-refractivity contribution in [3.8, 4) is 0 Å². The van der Waals surface area contributed by atoms with E-state index in [4.69, 9.17) is 0 Å². The molecule has 5 heteroatoms. The summed E-state index contributed by atoms with van der Waals surface area (Å²) in [6.45, 7) is 4.04. The number of carbonyl (C=O) groups is 1. The molecule has 1 amide bonds. The Morgan fingerprint density at radius 2 is 2.28 bits per heavy atom. The Bertz CT molecular complexity index is 382. The Morgan fingerprint density at radius 3 is 3.00 bits per heavy atom. The summed E-state index contributed by atoms with van der Waals surface area (Å²) in [5, 5.41) is 6.31. The van der Waals surface area contributed by atoms with Gasteiger partial charge in [-0.2, -0.15) is 0 Å². The fourth-order valence-electron chi connectivity index (χ4n) is 2.39. The van der Waals surface area contributed by atoms with Crippen molar-refractivity contribution in [2.45, 2.75) is 51.7 Å². The van der Waals surface area contributed by atoms with Crippen molar-refractivity contribution < 1.29 is 4.79 Å². The van der Waals surface area contributed by atoms with Crippen LogP contribution < -0.4 is 10.6 Å². The van der Waals surface area contributed by atoms with E-state index in [0.29, 0.717) is 19.1 Å². The van der Waals surface area contributed by atoms with E-state index < -0.39 is 0 Å². The molecule has 0 aromatic carbocycles. The first-order valence-electron chi connectivity index (χ1n) is 6.79. The Kier molecular flexibility index (Phi) is 4.75. The quantitative estimate of drug-likeness (QED) is 0.793. The molecule has 1 aromatic rings. The van der Waals surface area contributed by atoms with E-state index in [2.05, 4.69) is 22.5 Å². The van der Waals surface area contributed by atoms with Crippen LogP contribution in [0.25, 0.3) is 0 Å². The van der Waals surface area contributed by atoms with E-state index in [9.17, 15) is 4.79 Å². The van der Waals surface area contributed by atoms with Crippen LogP contribution in [-0.4, -0.2) is 28.0 Å². The third kappa shape index (κ3) is 3.57. The predicted molar refractivity (Wildman–Crippen MR) is 70.0 cm³/mol. The molecular formula is C13H22N4O. The molecule has 1 aromatic heterocycles. The molecule has 1 aliphatic rings. The van der Waals surface area contributed by atoms with Gasteiger partial charge in [0.1, 0.15) is 12.4 Å². The normalized spacial score (nSPS) is 16.1. The second-order valence-electron chi connectivity index (χ2n) is 4.80. The van der Waals surface area contributed by atoms with Crippen LogP contribution in [0.3, 0.4) is 0 Å². The van der Waals surface area contributed by atoms with Crippen LogP contribution in [0, 0.1) is 0 Å². The predicted octanol–water partition coefficient (Wildman–Crippen LogP) is 1.05. The molecule has 100 valence electrons. The SMILES string of the molecule is CCNCc1nccn1CC(=O)NC1CCCC1. The van der Waals surface area contributed by atoms with Gasteiger partial charge in [-0.05, 0) is 19.4 Å². The summed E-state index contributed by atoms with van der Waals surface area (Å²) in [6.07, 6.45) is 8.33. The monoisotopic (exact) mass is 250 g/mol. The number of aromatic nitrogens is 2. The number of nitrogens with zero attached hydrogens (tertiary/aromatic N) is 2. The Labute approximate surface area is 108 Å². The average Bonchev–Trinajstić information content (AvgIpc) is 2.98. The maximum absolute atomic E-state index is 11.9. The molecule has 0 radical (unpaired) electrons. The molecule has 2 rings (SSSR count). The lowest BCUT2D eigenvalue weighted by Gasteiger charge is -2.13. The van der Waals surface area contributed by atoms with Crippen molar-refractivity contribution in [1.29, 1.82) is 0 Å². The van der Waals surface area contributed by atoms with Gasteiger partial charge < -0.3 is 15.2 Å². The summed E-state index contributed by atoms with van der Waals surface area (Å²) in [4.78, 5) is 16.2.